The lowest BCUT2D eigenvalue weighted by Gasteiger charge is -2.21. The van der Waals surface area contributed by atoms with Gasteiger partial charge in [-0.3, -0.25) is 14.9 Å². The molecule has 0 atom stereocenters. The van der Waals surface area contributed by atoms with Crippen LogP contribution in [0.4, 0.5) is 5.69 Å². The maximum atomic E-state index is 12.5. The first-order chi connectivity index (χ1) is 13.6. The molecular weight excluding hydrogens is 352 g/mol. The molecule has 0 aromatic heterocycles. The maximum absolute atomic E-state index is 12.5. The third kappa shape index (κ3) is 9.86. The van der Waals surface area contributed by atoms with E-state index in [2.05, 4.69) is 6.92 Å². The molecule has 5 heteroatoms. The van der Waals surface area contributed by atoms with Gasteiger partial charge in [-0.1, -0.05) is 77.6 Å². The first-order valence-corrected chi connectivity index (χ1v) is 11.1. The van der Waals surface area contributed by atoms with Gasteiger partial charge >= 0.3 is 0 Å². The molecule has 0 aliphatic carbocycles. The largest absolute Gasteiger partial charge is 0.339 e. The number of hydrogen-bond donors (Lipinski definition) is 0. The van der Waals surface area contributed by atoms with E-state index in [1.54, 1.807) is 12.1 Å². The van der Waals surface area contributed by atoms with Gasteiger partial charge in [-0.2, -0.15) is 0 Å². The molecule has 0 fully saturated rings. The minimum absolute atomic E-state index is 0.0144. The molecule has 1 aromatic rings. The fourth-order valence-corrected chi connectivity index (χ4v) is 3.46. The van der Waals surface area contributed by atoms with E-state index in [9.17, 15) is 14.9 Å². The number of nitro groups is 1. The van der Waals surface area contributed by atoms with Gasteiger partial charge in [0.15, 0.2) is 0 Å². The summed E-state index contributed by atoms with van der Waals surface area (Å²) in [4.78, 5) is 24.7. The highest BCUT2D eigenvalue weighted by Crippen LogP contribution is 2.15. The van der Waals surface area contributed by atoms with Crippen molar-refractivity contribution in [2.75, 3.05) is 13.1 Å². The zero-order valence-corrected chi connectivity index (χ0v) is 17.8. The predicted molar refractivity (Wildman–Crippen MR) is 116 cm³/mol. The van der Waals surface area contributed by atoms with Crippen LogP contribution in [0.3, 0.4) is 0 Å². The fraction of sp³-hybridized carbons (Fsp3) is 0.696. The van der Waals surface area contributed by atoms with Crippen molar-refractivity contribution in [2.45, 2.75) is 90.9 Å². The van der Waals surface area contributed by atoms with Crippen molar-refractivity contribution in [3.63, 3.8) is 0 Å². The van der Waals surface area contributed by atoms with Gasteiger partial charge in [0.2, 0.25) is 0 Å². The lowest BCUT2D eigenvalue weighted by Crippen LogP contribution is -2.31. The highest BCUT2D eigenvalue weighted by atomic mass is 16.6. The highest BCUT2D eigenvalue weighted by Gasteiger charge is 2.15. The number of unbranched alkanes of at least 4 members (excludes halogenated alkanes) is 11. The van der Waals surface area contributed by atoms with Crippen LogP contribution in [0, 0.1) is 10.1 Å². The molecule has 0 spiro atoms. The van der Waals surface area contributed by atoms with Crippen LogP contribution >= 0.6 is 0 Å². The van der Waals surface area contributed by atoms with Crippen LogP contribution in [0.25, 0.3) is 0 Å². The first kappa shape index (κ1) is 24.1. The van der Waals surface area contributed by atoms with E-state index in [0.717, 1.165) is 19.4 Å². The molecule has 5 nitrogen and oxygen atoms in total. The van der Waals surface area contributed by atoms with E-state index in [0.29, 0.717) is 12.1 Å². The minimum atomic E-state index is -0.446. The number of hydrogen-bond acceptors (Lipinski definition) is 3. The molecule has 28 heavy (non-hydrogen) atoms. The number of benzene rings is 1. The summed E-state index contributed by atoms with van der Waals surface area (Å²) >= 11 is 0. The Bertz CT molecular complexity index is 557. The topological polar surface area (TPSA) is 63.5 Å². The van der Waals surface area contributed by atoms with Crippen LogP contribution in [0.1, 0.15) is 101 Å². The summed E-state index contributed by atoms with van der Waals surface area (Å²) in [5.74, 6) is -0.0412. The van der Waals surface area contributed by atoms with Crippen molar-refractivity contribution in [1.29, 1.82) is 0 Å². The van der Waals surface area contributed by atoms with Gasteiger partial charge < -0.3 is 4.90 Å². The number of nitro benzene ring substituents is 1. The van der Waals surface area contributed by atoms with Crippen molar-refractivity contribution < 1.29 is 9.72 Å². The Morgan fingerprint density at radius 3 is 1.71 bits per heavy atom. The highest BCUT2D eigenvalue weighted by molar-refractivity contribution is 5.94. The summed E-state index contributed by atoms with van der Waals surface area (Å²) < 4.78 is 0. The summed E-state index contributed by atoms with van der Waals surface area (Å²) in [5.41, 5.74) is 0.534. The van der Waals surface area contributed by atoms with Crippen LogP contribution in [0.2, 0.25) is 0 Å². The molecule has 1 amide bonds. The lowest BCUT2D eigenvalue weighted by atomic mass is 10.1. The van der Waals surface area contributed by atoms with E-state index < -0.39 is 4.92 Å². The number of non-ortho nitro benzene ring substituents is 1. The number of nitrogens with zero attached hydrogens (tertiary/aromatic N) is 2. The van der Waals surface area contributed by atoms with Crippen molar-refractivity contribution in [3.8, 4) is 0 Å². The van der Waals surface area contributed by atoms with Gasteiger partial charge in [-0.25, -0.2) is 0 Å². The standard InChI is InChI=1S/C23H38N2O3/c1-3-5-6-7-8-9-10-11-12-13-14-15-20-24(4-2)23(26)21-16-18-22(19-17-21)25(27)28/h16-19H,3-15,20H2,1-2H3. The molecule has 0 saturated heterocycles. The number of carbonyl (C=O) groups excluding carboxylic acids is 1. The van der Waals surface area contributed by atoms with Crippen molar-refractivity contribution >= 4 is 11.6 Å². The SMILES string of the molecule is CCCCCCCCCCCCCCN(CC)C(=O)c1ccc([N+](=O)[O-])cc1. The van der Waals surface area contributed by atoms with Gasteiger partial charge in [0.25, 0.3) is 11.6 Å². The average molecular weight is 391 g/mol. The smallest absolute Gasteiger partial charge is 0.269 e. The molecular formula is C23H38N2O3. The Morgan fingerprint density at radius 2 is 1.29 bits per heavy atom. The van der Waals surface area contributed by atoms with Gasteiger partial charge in [0, 0.05) is 30.8 Å². The Labute approximate surface area is 170 Å². The average Bonchev–Trinajstić information content (AvgIpc) is 2.71. The number of carbonyl (C=O) groups is 1. The van der Waals surface area contributed by atoms with E-state index >= 15 is 0 Å². The molecule has 0 aliphatic heterocycles. The Balaban J connectivity index is 2.14. The zero-order chi connectivity index (χ0) is 20.6. The zero-order valence-electron chi connectivity index (χ0n) is 17.8. The molecule has 0 saturated carbocycles. The summed E-state index contributed by atoms with van der Waals surface area (Å²) in [6.07, 6.45) is 15.6. The van der Waals surface area contributed by atoms with Crippen molar-refractivity contribution in [1.82, 2.24) is 4.90 Å². The van der Waals surface area contributed by atoms with Gasteiger partial charge in [-0.05, 0) is 25.5 Å². The van der Waals surface area contributed by atoms with Crippen LogP contribution in [0.15, 0.2) is 24.3 Å². The second-order valence-electron chi connectivity index (χ2n) is 7.58. The molecule has 158 valence electrons. The molecule has 0 heterocycles. The molecule has 0 N–H and O–H groups in total. The summed E-state index contributed by atoms with van der Waals surface area (Å²) in [7, 11) is 0. The molecule has 0 aliphatic rings. The predicted octanol–water partition coefficient (Wildman–Crippen LogP) is 6.76. The normalized spacial score (nSPS) is 10.8. The van der Waals surface area contributed by atoms with Crippen molar-refractivity contribution in [3.05, 3.63) is 39.9 Å². The van der Waals surface area contributed by atoms with Crippen LogP contribution in [-0.2, 0) is 0 Å². The lowest BCUT2D eigenvalue weighted by molar-refractivity contribution is -0.384. The van der Waals surface area contributed by atoms with Gasteiger partial charge in [-0.15, -0.1) is 0 Å². The third-order valence-electron chi connectivity index (χ3n) is 5.28. The first-order valence-electron chi connectivity index (χ1n) is 11.1. The Kier molecular flexibility index (Phi) is 13.0. The fourth-order valence-electron chi connectivity index (χ4n) is 3.46. The maximum Gasteiger partial charge on any atom is 0.269 e. The molecule has 1 rings (SSSR count). The molecule has 0 radical (unpaired) electrons. The van der Waals surface area contributed by atoms with Crippen molar-refractivity contribution in [2.24, 2.45) is 0 Å². The van der Waals surface area contributed by atoms with Crippen LogP contribution < -0.4 is 0 Å². The Hall–Kier alpha value is -1.91. The van der Waals surface area contributed by atoms with E-state index in [4.69, 9.17) is 0 Å². The summed E-state index contributed by atoms with van der Waals surface area (Å²) in [6.45, 7) is 5.65. The van der Waals surface area contributed by atoms with Crippen LogP contribution in [0.5, 0.6) is 0 Å². The van der Waals surface area contributed by atoms with Gasteiger partial charge in [0.05, 0.1) is 4.92 Å². The van der Waals surface area contributed by atoms with Crippen LogP contribution in [-0.4, -0.2) is 28.8 Å². The third-order valence-corrected chi connectivity index (χ3v) is 5.28. The molecule has 0 bridgehead atoms. The second-order valence-corrected chi connectivity index (χ2v) is 7.58. The minimum Gasteiger partial charge on any atom is -0.339 e. The second kappa shape index (κ2) is 15.1. The van der Waals surface area contributed by atoms with E-state index in [1.807, 2.05) is 11.8 Å². The van der Waals surface area contributed by atoms with E-state index in [-0.39, 0.29) is 11.6 Å². The number of amides is 1. The summed E-state index contributed by atoms with van der Waals surface area (Å²) in [5, 5.41) is 10.7. The molecule has 0 unspecified atom stereocenters. The van der Waals surface area contributed by atoms with E-state index in [1.165, 1.54) is 76.3 Å². The number of rotatable bonds is 16. The monoisotopic (exact) mass is 390 g/mol. The molecule has 1 aromatic carbocycles. The quantitative estimate of drug-likeness (QED) is 0.178. The summed E-state index contributed by atoms with van der Waals surface area (Å²) in [6, 6.07) is 5.88. The van der Waals surface area contributed by atoms with Gasteiger partial charge in [0.1, 0.15) is 0 Å². The Morgan fingerprint density at radius 1 is 0.821 bits per heavy atom.